The third-order valence-corrected chi connectivity index (χ3v) is 5.75. The zero-order chi connectivity index (χ0) is 12.3. The molecular weight excluding hydrogens is 212 g/mol. The fourth-order valence-corrected chi connectivity index (χ4v) is 4.51. The van der Waals surface area contributed by atoms with E-state index in [1.54, 1.807) is 0 Å². The standard InChI is InChI=1S/C15H24O2/c1-13(2)11-6-8-14(3)7-4-5-12(10-16)15(14,9-11)17-13/h5,11,16H,4,6-10H2,1-3H3/t11-,14+,15+/m1/s1. The lowest BCUT2D eigenvalue weighted by Gasteiger charge is -2.52. The van der Waals surface area contributed by atoms with Crippen LogP contribution in [-0.2, 0) is 4.74 Å². The van der Waals surface area contributed by atoms with Crippen molar-refractivity contribution in [3.63, 3.8) is 0 Å². The predicted molar refractivity (Wildman–Crippen MR) is 67.7 cm³/mol. The molecule has 96 valence electrons. The SMILES string of the molecule is CC1(C)O[C@]23C[C@H]1CC[C@]2(C)CCC=C3CO. The van der Waals surface area contributed by atoms with Crippen LogP contribution >= 0.6 is 0 Å². The molecule has 2 heteroatoms. The Labute approximate surface area is 104 Å². The second kappa shape index (κ2) is 3.36. The molecule has 3 atom stereocenters. The smallest absolute Gasteiger partial charge is 0.0977 e. The summed E-state index contributed by atoms with van der Waals surface area (Å²) >= 11 is 0. The lowest BCUT2D eigenvalue weighted by molar-refractivity contribution is -0.134. The van der Waals surface area contributed by atoms with E-state index in [-0.39, 0.29) is 23.2 Å². The molecule has 1 heterocycles. The first-order valence-corrected chi connectivity index (χ1v) is 6.94. The van der Waals surface area contributed by atoms with Crippen LogP contribution < -0.4 is 0 Å². The zero-order valence-electron chi connectivity index (χ0n) is 11.3. The normalized spacial score (nSPS) is 47.5. The van der Waals surface area contributed by atoms with Crippen molar-refractivity contribution in [2.75, 3.05) is 6.61 Å². The van der Waals surface area contributed by atoms with E-state index in [9.17, 15) is 5.11 Å². The average Bonchev–Trinajstić information content (AvgIpc) is 2.49. The number of aliphatic hydroxyl groups excluding tert-OH is 1. The van der Waals surface area contributed by atoms with Crippen molar-refractivity contribution in [1.29, 1.82) is 0 Å². The third kappa shape index (κ3) is 1.34. The fraction of sp³-hybridized carbons (Fsp3) is 0.867. The van der Waals surface area contributed by atoms with Crippen LogP contribution in [0.4, 0.5) is 0 Å². The fourth-order valence-electron chi connectivity index (χ4n) is 4.51. The van der Waals surface area contributed by atoms with Crippen LogP contribution in [0.3, 0.4) is 0 Å². The molecule has 0 unspecified atom stereocenters. The summed E-state index contributed by atoms with van der Waals surface area (Å²) in [7, 11) is 0. The molecule has 1 saturated carbocycles. The molecule has 17 heavy (non-hydrogen) atoms. The number of fused-ring (bicyclic) bond motifs is 1. The van der Waals surface area contributed by atoms with E-state index >= 15 is 0 Å². The third-order valence-electron chi connectivity index (χ3n) is 5.75. The highest BCUT2D eigenvalue weighted by Crippen LogP contribution is 2.64. The van der Waals surface area contributed by atoms with Crippen LogP contribution in [0.5, 0.6) is 0 Å². The van der Waals surface area contributed by atoms with Gasteiger partial charge in [-0.05, 0) is 57.4 Å². The molecule has 0 aromatic heterocycles. The Kier molecular flexibility index (Phi) is 2.32. The molecule has 2 aliphatic carbocycles. The number of rotatable bonds is 1. The highest BCUT2D eigenvalue weighted by atomic mass is 16.5. The minimum absolute atomic E-state index is 0.0244. The van der Waals surface area contributed by atoms with Crippen molar-refractivity contribution in [3.05, 3.63) is 11.6 Å². The molecule has 0 amide bonds. The maximum absolute atomic E-state index is 9.68. The molecule has 1 spiro atoms. The van der Waals surface area contributed by atoms with Gasteiger partial charge in [0.2, 0.25) is 0 Å². The van der Waals surface area contributed by atoms with Gasteiger partial charge in [-0.2, -0.15) is 0 Å². The Morgan fingerprint density at radius 3 is 2.82 bits per heavy atom. The maximum atomic E-state index is 9.68. The molecule has 1 N–H and O–H groups in total. The van der Waals surface area contributed by atoms with Crippen molar-refractivity contribution in [2.45, 2.75) is 64.1 Å². The first-order chi connectivity index (χ1) is 7.94. The Hall–Kier alpha value is -0.340. The molecular formula is C15H24O2. The summed E-state index contributed by atoms with van der Waals surface area (Å²) in [6, 6.07) is 0. The molecule has 2 nitrogen and oxygen atoms in total. The Morgan fingerprint density at radius 2 is 2.12 bits per heavy atom. The van der Waals surface area contributed by atoms with Gasteiger partial charge in [0.05, 0.1) is 17.8 Å². The number of hydrogen-bond acceptors (Lipinski definition) is 2. The topological polar surface area (TPSA) is 29.5 Å². The molecule has 0 aromatic rings. The highest BCUT2D eigenvalue weighted by Gasteiger charge is 2.64. The van der Waals surface area contributed by atoms with Gasteiger partial charge in [0.25, 0.3) is 0 Å². The van der Waals surface area contributed by atoms with E-state index in [0.29, 0.717) is 5.92 Å². The minimum atomic E-state index is -0.160. The maximum Gasteiger partial charge on any atom is 0.0977 e. The summed E-state index contributed by atoms with van der Waals surface area (Å²) in [6.45, 7) is 6.98. The van der Waals surface area contributed by atoms with Crippen LogP contribution in [0.2, 0.25) is 0 Å². The molecule has 2 fully saturated rings. The Bertz CT molecular complexity index is 371. The monoisotopic (exact) mass is 236 g/mol. The van der Waals surface area contributed by atoms with Crippen molar-refractivity contribution in [2.24, 2.45) is 11.3 Å². The molecule has 0 aromatic carbocycles. The number of ether oxygens (including phenoxy) is 1. The van der Waals surface area contributed by atoms with E-state index in [0.717, 1.165) is 18.4 Å². The number of aliphatic hydroxyl groups is 1. The van der Waals surface area contributed by atoms with E-state index in [4.69, 9.17) is 4.74 Å². The average molecular weight is 236 g/mol. The first-order valence-electron chi connectivity index (χ1n) is 6.94. The Morgan fingerprint density at radius 1 is 1.35 bits per heavy atom. The summed E-state index contributed by atoms with van der Waals surface area (Å²) in [5.74, 6) is 0.656. The Balaban J connectivity index is 2.10. The predicted octanol–water partition coefficient (Wildman–Crippen LogP) is 3.05. The lowest BCUT2D eigenvalue weighted by atomic mass is 9.55. The van der Waals surface area contributed by atoms with Crippen molar-refractivity contribution in [1.82, 2.24) is 0 Å². The van der Waals surface area contributed by atoms with Gasteiger partial charge in [0.1, 0.15) is 0 Å². The summed E-state index contributed by atoms with van der Waals surface area (Å²) in [5.41, 5.74) is 1.21. The van der Waals surface area contributed by atoms with Crippen LogP contribution in [-0.4, -0.2) is 22.9 Å². The highest BCUT2D eigenvalue weighted by molar-refractivity contribution is 5.31. The van der Waals surface area contributed by atoms with Crippen molar-refractivity contribution in [3.8, 4) is 0 Å². The first kappa shape index (κ1) is 11.7. The van der Waals surface area contributed by atoms with Crippen LogP contribution in [0, 0.1) is 11.3 Å². The largest absolute Gasteiger partial charge is 0.392 e. The minimum Gasteiger partial charge on any atom is -0.392 e. The van der Waals surface area contributed by atoms with E-state index in [1.807, 2.05) is 0 Å². The van der Waals surface area contributed by atoms with Gasteiger partial charge in [-0.25, -0.2) is 0 Å². The van der Waals surface area contributed by atoms with Crippen LogP contribution in [0.15, 0.2) is 11.6 Å². The zero-order valence-corrected chi connectivity index (χ0v) is 11.3. The van der Waals surface area contributed by atoms with E-state index < -0.39 is 0 Å². The number of hydrogen-bond donors (Lipinski definition) is 1. The quantitative estimate of drug-likeness (QED) is 0.709. The van der Waals surface area contributed by atoms with Crippen molar-refractivity contribution >= 4 is 0 Å². The van der Waals surface area contributed by atoms with E-state index in [2.05, 4.69) is 26.8 Å². The van der Waals surface area contributed by atoms with Gasteiger partial charge in [-0.15, -0.1) is 0 Å². The van der Waals surface area contributed by atoms with Crippen molar-refractivity contribution < 1.29 is 9.84 Å². The number of allylic oxidation sites excluding steroid dienone is 1. The molecule has 3 rings (SSSR count). The molecule has 2 bridgehead atoms. The molecule has 1 saturated heterocycles. The van der Waals surface area contributed by atoms with Gasteiger partial charge >= 0.3 is 0 Å². The van der Waals surface area contributed by atoms with Gasteiger partial charge in [0, 0.05) is 5.41 Å². The lowest BCUT2D eigenvalue weighted by Crippen LogP contribution is -2.52. The molecule has 3 aliphatic rings. The van der Waals surface area contributed by atoms with Crippen LogP contribution in [0.25, 0.3) is 0 Å². The summed E-state index contributed by atoms with van der Waals surface area (Å²) in [5, 5.41) is 9.68. The summed E-state index contributed by atoms with van der Waals surface area (Å²) in [4.78, 5) is 0. The van der Waals surface area contributed by atoms with E-state index in [1.165, 1.54) is 19.3 Å². The van der Waals surface area contributed by atoms with Gasteiger partial charge < -0.3 is 9.84 Å². The second-order valence-electron chi connectivity index (χ2n) is 6.96. The van der Waals surface area contributed by atoms with Gasteiger partial charge in [-0.3, -0.25) is 0 Å². The van der Waals surface area contributed by atoms with Gasteiger partial charge in [-0.1, -0.05) is 13.0 Å². The van der Waals surface area contributed by atoms with Gasteiger partial charge in [0.15, 0.2) is 0 Å². The second-order valence-corrected chi connectivity index (χ2v) is 6.96. The van der Waals surface area contributed by atoms with Crippen LogP contribution in [0.1, 0.15) is 52.9 Å². The summed E-state index contributed by atoms with van der Waals surface area (Å²) < 4.78 is 6.54. The summed E-state index contributed by atoms with van der Waals surface area (Å²) in [6.07, 6.45) is 8.18. The molecule has 0 radical (unpaired) electrons. The molecule has 1 aliphatic heterocycles.